The molecule has 0 spiro atoms. The minimum atomic E-state index is -0.0558. The first-order valence-corrected chi connectivity index (χ1v) is 6.00. The quantitative estimate of drug-likeness (QED) is 0.877. The molecular formula is C13H23Cl2N3O. The van der Waals surface area contributed by atoms with Crippen molar-refractivity contribution >= 4 is 30.7 Å². The fourth-order valence-electron chi connectivity index (χ4n) is 1.69. The van der Waals surface area contributed by atoms with Gasteiger partial charge >= 0.3 is 0 Å². The number of pyridine rings is 1. The van der Waals surface area contributed by atoms with Gasteiger partial charge in [0.1, 0.15) is 0 Å². The summed E-state index contributed by atoms with van der Waals surface area (Å²) in [6, 6.07) is 3.96. The highest BCUT2D eigenvalue weighted by Crippen LogP contribution is 2.05. The molecule has 0 radical (unpaired) electrons. The second-order valence-corrected chi connectivity index (χ2v) is 4.25. The van der Waals surface area contributed by atoms with Gasteiger partial charge in [-0.2, -0.15) is 0 Å². The van der Waals surface area contributed by atoms with E-state index >= 15 is 0 Å². The minimum absolute atomic E-state index is 0. The lowest BCUT2D eigenvalue weighted by atomic mass is 10.1. The molecule has 110 valence electrons. The van der Waals surface area contributed by atoms with Crippen molar-refractivity contribution in [3.05, 3.63) is 29.1 Å². The Morgan fingerprint density at radius 1 is 1.32 bits per heavy atom. The van der Waals surface area contributed by atoms with E-state index in [1.165, 1.54) is 0 Å². The maximum Gasteiger partial charge on any atom is 0.253 e. The van der Waals surface area contributed by atoms with Crippen molar-refractivity contribution in [2.45, 2.75) is 33.7 Å². The topological polar surface area (TPSA) is 54.0 Å². The summed E-state index contributed by atoms with van der Waals surface area (Å²) in [5, 5.41) is 6.15. The number of carbonyl (C=O) groups excluding carboxylic acids is 1. The predicted molar refractivity (Wildman–Crippen MR) is 83.7 cm³/mol. The second kappa shape index (κ2) is 10.0. The van der Waals surface area contributed by atoms with Crippen LogP contribution in [0.5, 0.6) is 0 Å². The SMILES string of the molecule is CCN[C@H](C)CNC(=O)c1ccc(C)nc1C.Cl.Cl. The molecule has 1 rings (SSSR count). The molecule has 0 saturated heterocycles. The first-order valence-electron chi connectivity index (χ1n) is 6.00. The summed E-state index contributed by atoms with van der Waals surface area (Å²) in [7, 11) is 0. The molecule has 0 aliphatic rings. The molecule has 1 aromatic rings. The van der Waals surface area contributed by atoms with E-state index < -0.39 is 0 Å². The number of hydrogen-bond acceptors (Lipinski definition) is 3. The Kier molecular flexibility index (Phi) is 10.8. The summed E-state index contributed by atoms with van der Waals surface area (Å²) in [6.45, 7) is 9.40. The van der Waals surface area contributed by atoms with E-state index in [9.17, 15) is 4.79 Å². The van der Waals surface area contributed by atoms with Crippen LogP contribution in [-0.4, -0.2) is 30.0 Å². The van der Waals surface area contributed by atoms with Gasteiger partial charge in [0.15, 0.2) is 0 Å². The van der Waals surface area contributed by atoms with Crippen molar-refractivity contribution in [3.63, 3.8) is 0 Å². The lowest BCUT2D eigenvalue weighted by Gasteiger charge is -2.13. The molecule has 6 heteroatoms. The van der Waals surface area contributed by atoms with Gasteiger partial charge in [-0.3, -0.25) is 9.78 Å². The van der Waals surface area contributed by atoms with Gasteiger partial charge in [0.2, 0.25) is 0 Å². The lowest BCUT2D eigenvalue weighted by Crippen LogP contribution is -2.39. The number of aromatic nitrogens is 1. The standard InChI is InChI=1S/C13H21N3O.2ClH/c1-5-14-10(3)8-15-13(17)12-7-6-9(2)16-11(12)4;;/h6-7,10,14H,5,8H2,1-4H3,(H,15,17);2*1H/t10-;;/m1../s1. The molecule has 4 nitrogen and oxygen atoms in total. The lowest BCUT2D eigenvalue weighted by molar-refractivity contribution is 0.0949. The van der Waals surface area contributed by atoms with Gasteiger partial charge in [-0.05, 0) is 39.4 Å². The van der Waals surface area contributed by atoms with E-state index in [0.29, 0.717) is 12.1 Å². The van der Waals surface area contributed by atoms with Crippen LogP contribution in [0.1, 0.15) is 35.6 Å². The van der Waals surface area contributed by atoms with Gasteiger partial charge in [-0.15, -0.1) is 24.8 Å². The van der Waals surface area contributed by atoms with Crippen LogP contribution < -0.4 is 10.6 Å². The molecule has 1 heterocycles. The molecule has 1 aromatic heterocycles. The van der Waals surface area contributed by atoms with Crippen LogP contribution in [0.4, 0.5) is 0 Å². The Morgan fingerprint density at radius 2 is 1.95 bits per heavy atom. The average Bonchev–Trinajstić information content (AvgIpc) is 2.26. The molecule has 0 bridgehead atoms. The molecular weight excluding hydrogens is 285 g/mol. The zero-order valence-electron chi connectivity index (χ0n) is 11.8. The highest BCUT2D eigenvalue weighted by atomic mass is 35.5. The maximum atomic E-state index is 11.9. The van der Waals surface area contributed by atoms with Crippen molar-refractivity contribution in [1.82, 2.24) is 15.6 Å². The third-order valence-corrected chi connectivity index (χ3v) is 2.59. The van der Waals surface area contributed by atoms with Gasteiger partial charge in [0, 0.05) is 18.3 Å². The Morgan fingerprint density at radius 3 is 2.47 bits per heavy atom. The van der Waals surface area contributed by atoms with Crippen molar-refractivity contribution in [2.75, 3.05) is 13.1 Å². The summed E-state index contributed by atoms with van der Waals surface area (Å²) >= 11 is 0. The number of rotatable bonds is 5. The van der Waals surface area contributed by atoms with Crippen LogP contribution in [-0.2, 0) is 0 Å². The van der Waals surface area contributed by atoms with Crippen LogP contribution >= 0.6 is 24.8 Å². The van der Waals surface area contributed by atoms with Gasteiger partial charge in [-0.25, -0.2) is 0 Å². The Hall–Kier alpha value is -0.840. The zero-order chi connectivity index (χ0) is 12.8. The molecule has 0 fully saturated rings. The molecule has 0 unspecified atom stereocenters. The number of carbonyl (C=O) groups is 1. The maximum absolute atomic E-state index is 11.9. The van der Waals surface area contributed by atoms with Crippen LogP contribution in [0, 0.1) is 13.8 Å². The second-order valence-electron chi connectivity index (χ2n) is 4.25. The fourth-order valence-corrected chi connectivity index (χ4v) is 1.69. The van der Waals surface area contributed by atoms with E-state index in [2.05, 4.69) is 15.6 Å². The summed E-state index contributed by atoms with van der Waals surface area (Å²) in [4.78, 5) is 16.2. The first kappa shape index (κ1) is 20.5. The van der Waals surface area contributed by atoms with E-state index in [4.69, 9.17) is 0 Å². The number of halogens is 2. The third kappa shape index (κ3) is 6.76. The number of hydrogen-bond donors (Lipinski definition) is 2. The van der Waals surface area contributed by atoms with Gasteiger partial charge in [0.05, 0.1) is 11.3 Å². The number of aryl methyl sites for hydroxylation is 2. The summed E-state index contributed by atoms with van der Waals surface area (Å²) < 4.78 is 0. The normalized spacial score (nSPS) is 10.9. The van der Waals surface area contributed by atoms with E-state index in [1.54, 1.807) is 0 Å². The largest absolute Gasteiger partial charge is 0.350 e. The van der Waals surface area contributed by atoms with Gasteiger partial charge in [0.25, 0.3) is 5.91 Å². The fraction of sp³-hybridized carbons (Fsp3) is 0.538. The van der Waals surface area contributed by atoms with Crippen molar-refractivity contribution in [1.29, 1.82) is 0 Å². The summed E-state index contributed by atoms with van der Waals surface area (Å²) in [6.07, 6.45) is 0. The minimum Gasteiger partial charge on any atom is -0.350 e. The highest BCUT2D eigenvalue weighted by molar-refractivity contribution is 5.95. The van der Waals surface area contributed by atoms with Gasteiger partial charge < -0.3 is 10.6 Å². The van der Waals surface area contributed by atoms with E-state index in [-0.39, 0.29) is 36.8 Å². The molecule has 2 N–H and O–H groups in total. The highest BCUT2D eigenvalue weighted by Gasteiger charge is 2.10. The number of likely N-dealkylation sites (N-methyl/N-ethyl adjacent to an activating group) is 1. The smallest absolute Gasteiger partial charge is 0.253 e. The Balaban J connectivity index is 0. The van der Waals surface area contributed by atoms with Crippen molar-refractivity contribution in [2.24, 2.45) is 0 Å². The molecule has 1 amide bonds. The predicted octanol–water partition coefficient (Wildman–Crippen LogP) is 2.27. The molecule has 0 saturated carbocycles. The summed E-state index contributed by atoms with van der Waals surface area (Å²) in [5.41, 5.74) is 2.36. The van der Waals surface area contributed by atoms with Crippen molar-refractivity contribution in [3.8, 4) is 0 Å². The van der Waals surface area contributed by atoms with Crippen LogP contribution in [0.15, 0.2) is 12.1 Å². The third-order valence-electron chi connectivity index (χ3n) is 2.59. The summed E-state index contributed by atoms with van der Waals surface area (Å²) in [5.74, 6) is -0.0558. The van der Waals surface area contributed by atoms with E-state index in [1.807, 2.05) is 39.8 Å². The molecule has 0 aliphatic heterocycles. The average molecular weight is 308 g/mol. The van der Waals surface area contributed by atoms with Crippen LogP contribution in [0.2, 0.25) is 0 Å². The Bertz CT molecular complexity index is 399. The molecule has 0 aromatic carbocycles. The van der Waals surface area contributed by atoms with Crippen molar-refractivity contribution < 1.29 is 4.79 Å². The first-order chi connectivity index (χ1) is 8.04. The number of nitrogens with one attached hydrogen (secondary N) is 2. The monoisotopic (exact) mass is 307 g/mol. The number of nitrogens with zero attached hydrogens (tertiary/aromatic N) is 1. The molecule has 19 heavy (non-hydrogen) atoms. The molecule has 1 atom stereocenters. The number of amides is 1. The van der Waals surface area contributed by atoms with E-state index in [0.717, 1.165) is 17.9 Å². The van der Waals surface area contributed by atoms with Crippen LogP contribution in [0.3, 0.4) is 0 Å². The molecule has 0 aliphatic carbocycles. The Labute approximate surface area is 127 Å². The zero-order valence-corrected chi connectivity index (χ0v) is 13.5. The van der Waals surface area contributed by atoms with Crippen LogP contribution in [0.25, 0.3) is 0 Å². The van der Waals surface area contributed by atoms with Gasteiger partial charge in [-0.1, -0.05) is 6.92 Å².